The van der Waals surface area contributed by atoms with Crippen LogP contribution in [0.15, 0.2) is 60.3 Å². The van der Waals surface area contributed by atoms with Crippen molar-refractivity contribution in [3.63, 3.8) is 0 Å². The third kappa shape index (κ3) is 5.17. The van der Waals surface area contributed by atoms with Gasteiger partial charge < -0.3 is 15.1 Å². The van der Waals surface area contributed by atoms with Gasteiger partial charge in [-0.2, -0.15) is 0 Å². The maximum absolute atomic E-state index is 13.0. The van der Waals surface area contributed by atoms with Gasteiger partial charge in [0.1, 0.15) is 5.82 Å². The van der Waals surface area contributed by atoms with Crippen LogP contribution in [0.25, 0.3) is 0 Å². The van der Waals surface area contributed by atoms with Crippen molar-refractivity contribution in [2.75, 3.05) is 42.9 Å². The van der Waals surface area contributed by atoms with Crippen LogP contribution in [0.3, 0.4) is 0 Å². The average molecular weight is 391 g/mol. The van der Waals surface area contributed by atoms with E-state index >= 15 is 0 Å². The lowest BCUT2D eigenvalue weighted by atomic mass is 9.97. The van der Waals surface area contributed by atoms with E-state index in [1.807, 2.05) is 23.1 Å². The average Bonchev–Trinajstić information content (AvgIpc) is 2.80. The Morgan fingerprint density at radius 3 is 2.62 bits per heavy atom. The van der Waals surface area contributed by atoms with Crippen molar-refractivity contribution in [1.29, 1.82) is 0 Å². The molecule has 152 valence electrons. The van der Waals surface area contributed by atoms with Gasteiger partial charge in [0.15, 0.2) is 0 Å². The summed E-state index contributed by atoms with van der Waals surface area (Å²) < 4.78 is 0. The molecule has 1 amide bonds. The Hall–Kier alpha value is -2.82. The molecule has 2 aliphatic rings. The van der Waals surface area contributed by atoms with Crippen molar-refractivity contribution in [1.82, 2.24) is 9.88 Å². The number of piperazine rings is 1. The van der Waals surface area contributed by atoms with Crippen molar-refractivity contribution in [3.8, 4) is 0 Å². The smallest absolute Gasteiger partial charge is 0.254 e. The zero-order valence-corrected chi connectivity index (χ0v) is 17.0. The molecule has 1 saturated heterocycles. The van der Waals surface area contributed by atoms with Gasteiger partial charge in [0.2, 0.25) is 0 Å². The van der Waals surface area contributed by atoms with Gasteiger partial charge in [0.25, 0.3) is 5.91 Å². The highest BCUT2D eigenvalue weighted by molar-refractivity contribution is 5.95. The Kier molecular flexibility index (Phi) is 6.45. The van der Waals surface area contributed by atoms with Crippen LogP contribution in [0.5, 0.6) is 0 Å². The molecule has 0 bridgehead atoms. The van der Waals surface area contributed by atoms with Gasteiger partial charge >= 0.3 is 0 Å². The van der Waals surface area contributed by atoms with E-state index in [1.165, 1.54) is 31.4 Å². The number of nitrogens with one attached hydrogen (secondary N) is 1. The first-order chi connectivity index (χ1) is 14.3. The minimum Gasteiger partial charge on any atom is -0.370 e. The summed E-state index contributed by atoms with van der Waals surface area (Å²) in [5, 5.41) is 3.39. The normalized spacial score (nSPS) is 17.0. The molecule has 1 aliphatic heterocycles. The van der Waals surface area contributed by atoms with Crippen LogP contribution in [-0.2, 0) is 0 Å². The van der Waals surface area contributed by atoms with Crippen molar-refractivity contribution in [2.24, 2.45) is 0 Å². The number of hydrogen-bond acceptors (Lipinski definition) is 4. The second kappa shape index (κ2) is 9.59. The second-order valence-corrected chi connectivity index (χ2v) is 7.83. The van der Waals surface area contributed by atoms with Gasteiger partial charge in [0, 0.05) is 50.2 Å². The molecule has 1 aromatic carbocycles. The number of hydrogen-bond donors (Lipinski definition) is 1. The molecular formula is C24H30N4O. The maximum Gasteiger partial charge on any atom is 0.254 e. The Labute approximate surface area is 173 Å². The number of aromatic nitrogens is 1. The highest BCUT2D eigenvalue weighted by Gasteiger charge is 2.22. The van der Waals surface area contributed by atoms with E-state index in [4.69, 9.17) is 0 Å². The molecule has 5 nitrogen and oxygen atoms in total. The standard InChI is InChI=1S/C24H30N4O/c29-24(28-17-15-27(16-18-28)22-9-5-2-6-10-22)21-12-14-26-23(19-21)25-13-11-20-7-3-1-4-8-20/h2,5-7,9-10,12,14,19H,1,3-4,8,11,13,15-18H2,(H,25,26). The van der Waals surface area contributed by atoms with Crippen LogP contribution in [0, 0.1) is 0 Å². The number of carbonyl (C=O) groups is 1. The molecule has 1 N–H and O–H groups in total. The lowest BCUT2D eigenvalue weighted by Gasteiger charge is -2.36. The summed E-state index contributed by atoms with van der Waals surface area (Å²) in [4.78, 5) is 21.6. The van der Waals surface area contributed by atoms with Crippen molar-refractivity contribution < 1.29 is 4.79 Å². The van der Waals surface area contributed by atoms with E-state index in [9.17, 15) is 4.79 Å². The Morgan fingerprint density at radius 2 is 1.86 bits per heavy atom. The number of anilines is 2. The fourth-order valence-corrected chi connectivity index (χ4v) is 4.13. The summed E-state index contributed by atoms with van der Waals surface area (Å²) >= 11 is 0. The molecule has 1 aromatic heterocycles. The van der Waals surface area contributed by atoms with Crippen LogP contribution >= 0.6 is 0 Å². The highest BCUT2D eigenvalue weighted by atomic mass is 16.2. The summed E-state index contributed by atoms with van der Waals surface area (Å²) in [6.07, 6.45) is 10.2. The lowest BCUT2D eigenvalue weighted by molar-refractivity contribution is 0.0746. The van der Waals surface area contributed by atoms with E-state index in [0.717, 1.165) is 45.0 Å². The summed E-state index contributed by atoms with van der Waals surface area (Å²) in [7, 11) is 0. The van der Waals surface area contributed by atoms with Crippen LogP contribution in [-0.4, -0.2) is 48.5 Å². The van der Waals surface area contributed by atoms with E-state index in [1.54, 1.807) is 11.8 Å². The van der Waals surface area contributed by atoms with Crippen LogP contribution < -0.4 is 10.2 Å². The van der Waals surface area contributed by atoms with Gasteiger partial charge in [-0.25, -0.2) is 4.98 Å². The maximum atomic E-state index is 13.0. The minimum atomic E-state index is 0.0955. The Balaban J connectivity index is 1.30. The number of rotatable bonds is 6. The number of allylic oxidation sites excluding steroid dienone is 1. The van der Waals surface area contributed by atoms with E-state index < -0.39 is 0 Å². The third-order valence-corrected chi connectivity index (χ3v) is 5.83. The summed E-state index contributed by atoms with van der Waals surface area (Å²) in [6.45, 7) is 4.08. The fraction of sp³-hybridized carbons (Fsp3) is 0.417. The molecule has 2 aromatic rings. The van der Waals surface area contributed by atoms with Crippen molar-refractivity contribution >= 4 is 17.4 Å². The molecule has 5 heteroatoms. The zero-order chi connectivity index (χ0) is 19.9. The quantitative estimate of drug-likeness (QED) is 0.745. The largest absolute Gasteiger partial charge is 0.370 e. The Bertz CT molecular complexity index is 841. The molecule has 29 heavy (non-hydrogen) atoms. The van der Waals surface area contributed by atoms with E-state index in [0.29, 0.717) is 5.56 Å². The number of nitrogens with zero attached hydrogens (tertiary/aromatic N) is 3. The van der Waals surface area contributed by atoms with E-state index in [-0.39, 0.29) is 5.91 Å². The predicted molar refractivity (Wildman–Crippen MR) is 118 cm³/mol. The topological polar surface area (TPSA) is 48.5 Å². The molecule has 0 spiro atoms. The summed E-state index contributed by atoms with van der Waals surface area (Å²) in [5.41, 5.74) is 3.49. The van der Waals surface area contributed by atoms with Crippen molar-refractivity contribution in [3.05, 3.63) is 65.9 Å². The molecular weight excluding hydrogens is 360 g/mol. The third-order valence-electron chi connectivity index (χ3n) is 5.83. The second-order valence-electron chi connectivity index (χ2n) is 7.83. The molecule has 0 radical (unpaired) electrons. The number of pyridine rings is 1. The molecule has 1 fully saturated rings. The SMILES string of the molecule is O=C(c1ccnc(NCCC2=CCCCC2)c1)N1CCN(c2ccccc2)CC1. The molecule has 4 rings (SSSR count). The number of amides is 1. The molecule has 0 unspecified atom stereocenters. The number of benzene rings is 1. The Morgan fingerprint density at radius 1 is 1.03 bits per heavy atom. The van der Waals surface area contributed by atoms with Crippen LogP contribution in [0.4, 0.5) is 11.5 Å². The fourth-order valence-electron chi connectivity index (χ4n) is 4.13. The molecule has 1 aliphatic carbocycles. The van der Waals surface area contributed by atoms with Gasteiger partial charge in [-0.1, -0.05) is 29.8 Å². The first-order valence-electron chi connectivity index (χ1n) is 10.8. The van der Waals surface area contributed by atoms with Crippen LogP contribution in [0.1, 0.15) is 42.5 Å². The minimum absolute atomic E-state index is 0.0955. The molecule has 2 heterocycles. The van der Waals surface area contributed by atoms with Gasteiger partial charge in [-0.05, 0) is 56.4 Å². The van der Waals surface area contributed by atoms with E-state index in [2.05, 4.69) is 45.5 Å². The lowest BCUT2D eigenvalue weighted by Crippen LogP contribution is -2.48. The number of para-hydroxylation sites is 1. The van der Waals surface area contributed by atoms with Crippen LogP contribution in [0.2, 0.25) is 0 Å². The van der Waals surface area contributed by atoms with Crippen molar-refractivity contribution in [2.45, 2.75) is 32.1 Å². The number of carbonyl (C=O) groups excluding carboxylic acids is 1. The van der Waals surface area contributed by atoms with Gasteiger partial charge in [0.05, 0.1) is 0 Å². The first-order valence-corrected chi connectivity index (χ1v) is 10.8. The first kappa shape index (κ1) is 19.5. The predicted octanol–water partition coefficient (Wildman–Crippen LogP) is 4.35. The highest BCUT2D eigenvalue weighted by Crippen LogP contribution is 2.20. The molecule has 0 saturated carbocycles. The summed E-state index contributed by atoms with van der Waals surface area (Å²) in [6, 6.07) is 14.1. The monoisotopic (exact) mass is 390 g/mol. The molecule has 0 atom stereocenters. The summed E-state index contributed by atoms with van der Waals surface area (Å²) in [5.74, 6) is 0.883. The zero-order valence-electron chi connectivity index (χ0n) is 17.0. The van der Waals surface area contributed by atoms with Gasteiger partial charge in [-0.3, -0.25) is 4.79 Å². The van der Waals surface area contributed by atoms with Gasteiger partial charge in [-0.15, -0.1) is 0 Å².